The fourth-order valence-corrected chi connectivity index (χ4v) is 1.51. The molecule has 0 rings (SSSR count). The molecule has 0 saturated heterocycles. The molecule has 0 fully saturated rings. The topological polar surface area (TPSA) is 72.5 Å². The first kappa shape index (κ1) is 13.4. The molecule has 5 nitrogen and oxygen atoms in total. The highest BCUT2D eigenvalue weighted by atomic mass is 32.2. The second-order valence-electron chi connectivity index (χ2n) is 3.75. The summed E-state index contributed by atoms with van der Waals surface area (Å²) in [6.45, 7) is 7.11. The quantitative estimate of drug-likeness (QED) is 0.743. The number of carbonyl (C=O) groups excluding carboxylic acids is 1. The minimum atomic E-state index is -3.92. The summed E-state index contributed by atoms with van der Waals surface area (Å²) in [6, 6.07) is 0. The zero-order chi connectivity index (χ0) is 11.4. The minimum absolute atomic E-state index is 0.169. The average molecular weight is 223 g/mol. The van der Waals surface area contributed by atoms with Gasteiger partial charge in [0.2, 0.25) is 0 Å². The van der Waals surface area contributed by atoms with Crippen LogP contribution in [0.5, 0.6) is 0 Å². The molecule has 14 heavy (non-hydrogen) atoms. The van der Waals surface area contributed by atoms with Gasteiger partial charge in [0.1, 0.15) is 0 Å². The van der Waals surface area contributed by atoms with E-state index in [4.69, 9.17) is 0 Å². The number of hydrogen-bond acceptors (Lipinski definition) is 4. The molecule has 1 N–H and O–H groups in total. The maximum atomic E-state index is 11.1. The average Bonchev–Trinajstić information content (AvgIpc) is 2.00. The fraction of sp³-hybridized carbons (Fsp3) is 0.875. The molecule has 0 saturated carbocycles. The molecule has 0 spiro atoms. The van der Waals surface area contributed by atoms with Crippen molar-refractivity contribution >= 4 is 16.3 Å². The monoisotopic (exact) mass is 223 g/mol. The molecule has 0 aromatic heterocycles. The normalized spacial score (nSPS) is 12.1. The third-order valence-electron chi connectivity index (χ3n) is 1.33. The molecule has 0 aliphatic heterocycles. The van der Waals surface area contributed by atoms with Gasteiger partial charge in [-0.1, -0.05) is 27.7 Å². The molecular formula is C8H17NO4S. The van der Waals surface area contributed by atoms with Crippen molar-refractivity contribution in [1.29, 1.82) is 0 Å². The summed E-state index contributed by atoms with van der Waals surface area (Å²) in [5.74, 6) is -1.03. The van der Waals surface area contributed by atoms with E-state index in [1.165, 1.54) is 0 Å². The summed E-state index contributed by atoms with van der Waals surface area (Å²) in [4.78, 5) is 11.0. The van der Waals surface area contributed by atoms with E-state index < -0.39 is 22.2 Å². The lowest BCUT2D eigenvalue weighted by Crippen LogP contribution is -2.32. The summed E-state index contributed by atoms with van der Waals surface area (Å²) < 4.78 is 28.6. The van der Waals surface area contributed by atoms with Crippen LogP contribution < -0.4 is 4.72 Å². The van der Waals surface area contributed by atoms with Crippen LogP contribution in [0.3, 0.4) is 0 Å². The molecule has 0 aliphatic rings. The smallest absolute Gasteiger partial charge is 0.334 e. The van der Waals surface area contributed by atoms with Crippen molar-refractivity contribution in [3.63, 3.8) is 0 Å². The van der Waals surface area contributed by atoms with Crippen LogP contribution in [0, 0.1) is 11.8 Å². The molecule has 0 atom stereocenters. The van der Waals surface area contributed by atoms with Crippen molar-refractivity contribution in [2.75, 3.05) is 6.54 Å². The van der Waals surface area contributed by atoms with Crippen LogP contribution in [0.15, 0.2) is 0 Å². The Morgan fingerprint density at radius 2 is 1.79 bits per heavy atom. The zero-order valence-electron chi connectivity index (χ0n) is 8.90. The number of rotatable bonds is 5. The van der Waals surface area contributed by atoms with Crippen LogP contribution in [0.25, 0.3) is 0 Å². The molecule has 0 aromatic carbocycles. The Morgan fingerprint density at radius 3 is 2.14 bits per heavy atom. The van der Waals surface area contributed by atoms with Crippen molar-refractivity contribution in [2.45, 2.75) is 27.7 Å². The summed E-state index contributed by atoms with van der Waals surface area (Å²) in [5, 5.41) is 0. The van der Waals surface area contributed by atoms with Crippen LogP contribution in [-0.4, -0.2) is 20.9 Å². The predicted molar refractivity (Wildman–Crippen MR) is 52.7 cm³/mol. The van der Waals surface area contributed by atoms with Gasteiger partial charge in [0.15, 0.2) is 0 Å². The van der Waals surface area contributed by atoms with E-state index in [0.29, 0.717) is 0 Å². The highest BCUT2D eigenvalue weighted by molar-refractivity contribution is 7.85. The van der Waals surface area contributed by atoms with Crippen LogP contribution in [-0.2, 0) is 19.3 Å². The van der Waals surface area contributed by atoms with Gasteiger partial charge in [-0.2, -0.15) is 13.1 Å². The van der Waals surface area contributed by atoms with E-state index in [1.54, 1.807) is 13.8 Å². The second-order valence-corrected chi connectivity index (χ2v) is 5.12. The molecule has 84 valence electrons. The molecular weight excluding hydrogens is 206 g/mol. The molecule has 0 bridgehead atoms. The summed E-state index contributed by atoms with van der Waals surface area (Å²) in [7, 11) is -3.92. The Bertz CT molecular complexity index is 282. The highest BCUT2D eigenvalue weighted by Gasteiger charge is 2.19. The van der Waals surface area contributed by atoms with E-state index in [0.717, 1.165) is 0 Å². The van der Waals surface area contributed by atoms with Crippen molar-refractivity contribution in [3.8, 4) is 0 Å². The summed E-state index contributed by atoms with van der Waals surface area (Å²) >= 11 is 0. The Hall–Kier alpha value is -0.620. The third kappa shape index (κ3) is 5.93. The van der Waals surface area contributed by atoms with Crippen LogP contribution in [0.1, 0.15) is 27.7 Å². The van der Waals surface area contributed by atoms with E-state index in [9.17, 15) is 13.2 Å². The van der Waals surface area contributed by atoms with E-state index in [1.807, 2.05) is 13.8 Å². The lowest BCUT2D eigenvalue weighted by Gasteiger charge is -2.09. The first-order valence-corrected chi connectivity index (χ1v) is 5.88. The van der Waals surface area contributed by atoms with Gasteiger partial charge < -0.3 is 4.18 Å². The first-order valence-electron chi connectivity index (χ1n) is 4.47. The maximum absolute atomic E-state index is 11.1. The van der Waals surface area contributed by atoms with E-state index >= 15 is 0 Å². The van der Waals surface area contributed by atoms with Gasteiger partial charge in [0.05, 0.1) is 5.92 Å². The van der Waals surface area contributed by atoms with Gasteiger partial charge in [0, 0.05) is 6.54 Å². The number of hydrogen-bond donors (Lipinski definition) is 1. The van der Waals surface area contributed by atoms with Gasteiger partial charge in [-0.15, -0.1) is 0 Å². The van der Waals surface area contributed by atoms with Crippen molar-refractivity contribution in [1.82, 2.24) is 4.72 Å². The van der Waals surface area contributed by atoms with Gasteiger partial charge in [-0.3, -0.25) is 4.79 Å². The Morgan fingerprint density at radius 1 is 1.29 bits per heavy atom. The molecule has 0 amide bonds. The van der Waals surface area contributed by atoms with Crippen molar-refractivity contribution in [2.24, 2.45) is 11.8 Å². The Balaban J connectivity index is 4.15. The molecule has 0 heterocycles. The molecule has 0 aromatic rings. The van der Waals surface area contributed by atoms with Crippen molar-refractivity contribution < 1.29 is 17.4 Å². The van der Waals surface area contributed by atoms with Gasteiger partial charge >= 0.3 is 16.3 Å². The first-order chi connectivity index (χ1) is 6.24. The zero-order valence-corrected chi connectivity index (χ0v) is 9.72. The molecule has 0 unspecified atom stereocenters. The third-order valence-corrected chi connectivity index (χ3v) is 2.24. The fourth-order valence-electron chi connectivity index (χ4n) is 0.503. The van der Waals surface area contributed by atoms with Crippen LogP contribution in [0.4, 0.5) is 0 Å². The Kier molecular flexibility index (Phi) is 5.07. The van der Waals surface area contributed by atoms with Gasteiger partial charge in [-0.25, -0.2) is 0 Å². The molecule has 0 radical (unpaired) electrons. The number of nitrogens with one attached hydrogen (secondary N) is 1. The van der Waals surface area contributed by atoms with Crippen LogP contribution >= 0.6 is 0 Å². The molecule has 6 heteroatoms. The van der Waals surface area contributed by atoms with E-state index in [2.05, 4.69) is 8.91 Å². The lowest BCUT2D eigenvalue weighted by atomic mass is 10.2. The summed E-state index contributed by atoms with van der Waals surface area (Å²) in [6.07, 6.45) is 0. The molecule has 0 aliphatic carbocycles. The van der Waals surface area contributed by atoms with Crippen LogP contribution in [0.2, 0.25) is 0 Å². The summed E-state index contributed by atoms with van der Waals surface area (Å²) in [5.41, 5.74) is 0. The largest absolute Gasteiger partial charge is 0.385 e. The lowest BCUT2D eigenvalue weighted by molar-refractivity contribution is -0.137. The van der Waals surface area contributed by atoms with E-state index in [-0.39, 0.29) is 12.5 Å². The minimum Gasteiger partial charge on any atom is -0.334 e. The van der Waals surface area contributed by atoms with Crippen molar-refractivity contribution in [3.05, 3.63) is 0 Å². The Labute approximate surface area is 85.1 Å². The number of carbonyl (C=O) groups is 1. The van der Waals surface area contributed by atoms with Gasteiger partial charge in [0.25, 0.3) is 0 Å². The SMILES string of the molecule is CC(C)CNS(=O)(=O)OC(=O)C(C)C. The maximum Gasteiger partial charge on any atom is 0.385 e. The predicted octanol–water partition coefficient (Wildman–Crippen LogP) is 0.676. The highest BCUT2D eigenvalue weighted by Crippen LogP contribution is 2.00. The second kappa shape index (κ2) is 5.31. The van der Waals surface area contributed by atoms with Gasteiger partial charge in [-0.05, 0) is 5.92 Å². The standard InChI is InChI=1S/C8H17NO4S/c1-6(2)5-9-14(11,12)13-8(10)7(3)4/h6-7,9H,5H2,1-4H3.